The molecule has 0 aromatic carbocycles. The molecule has 0 aromatic rings. The lowest BCUT2D eigenvalue weighted by Crippen LogP contribution is -2.57. The number of thioether (sulfide) groups is 1. The van der Waals surface area contributed by atoms with Gasteiger partial charge in [0.05, 0.1) is 6.10 Å². The zero-order valence-corrected chi connectivity index (χ0v) is 14.2. The normalized spacial score (nSPS) is 16.2. The summed E-state index contributed by atoms with van der Waals surface area (Å²) in [5, 5.41) is 23.0. The van der Waals surface area contributed by atoms with Gasteiger partial charge in [-0.15, -0.1) is 0 Å². The molecular weight excluding hydrogens is 330 g/mol. The van der Waals surface area contributed by atoms with E-state index in [0.29, 0.717) is 5.75 Å². The minimum absolute atomic E-state index is 0.0288. The monoisotopic (exact) mass is 353 g/mol. The molecule has 0 rings (SSSR count). The Morgan fingerprint density at radius 1 is 1.23 bits per heavy atom. The summed E-state index contributed by atoms with van der Waals surface area (Å²) in [6.07, 6.45) is 1.02. The summed E-state index contributed by atoms with van der Waals surface area (Å²) >= 11 is 5.43. The fraction of sp³-hybridized carbons (Fsp3) is 0.750. The zero-order chi connectivity index (χ0) is 17.3. The molecule has 0 radical (unpaired) electrons. The second kappa shape index (κ2) is 10.7. The van der Waals surface area contributed by atoms with Gasteiger partial charge in [-0.3, -0.25) is 9.59 Å². The van der Waals surface area contributed by atoms with E-state index in [9.17, 15) is 19.5 Å². The molecule has 6 N–H and O–H groups in total. The van der Waals surface area contributed by atoms with Crippen LogP contribution in [0, 0.1) is 0 Å². The Hall–Kier alpha value is -0.970. The SMILES string of the molecule is CSCC[C@H](NC(=O)[C@H](CS)NC(=O)[C@@H](N)[C@@H](C)O)C(=O)O. The van der Waals surface area contributed by atoms with E-state index >= 15 is 0 Å². The number of carboxylic acids is 1. The third-order valence-electron chi connectivity index (χ3n) is 2.86. The predicted molar refractivity (Wildman–Crippen MR) is 88.0 cm³/mol. The summed E-state index contributed by atoms with van der Waals surface area (Å²) in [5.41, 5.74) is 5.46. The van der Waals surface area contributed by atoms with Gasteiger partial charge in [0.25, 0.3) is 0 Å². The van der Waals surface area contributed by atoms with E-state index in [1.165, 1.54) is 18.7 Å². The highest BCUT2D eigenvalue weighted by molar-refractivity contribution is 7.98. The molecule has 0 aromatic heterocycles. The van der Waals surface area contributed by atoms with Crippen molar-refractivity contribution in [1.82, 2.24) is 10.6 Å². The Balaban J connectivity index is 4.69. The number of carbonyl (C=O) groups is 3. The van der Waals surface area contributed by atoms with Crippen molar-refractivity contribution in [3.63, 3.8) is 0 Å². The molecule has 22 heavy (non-hydrogen) atoms. The Labute approximate surface area is 139 Å². The predicted octanol–water partition coefficient (Wildman–Crippen LogP) is -1.57. The van der Waals surface area contributed by atoms with E-state index in [4.69, 9.17) is 10.8 Å². The summed E-state index contributed by atoms with van der Waals surface area (Å²) in [6.45, 7) is 1.35. The molecule has 0 aliphatic heterocycles. The van der Waals surface area contributed by atoms with Crippen LogP contribution in [0.25, 0.3) is 0 Å². The standard InChI is InChI=1S/C12H23N3O5S2/c1-6(16)9(13)11(18)15-8(5-21)10(17)14-7(12(19)20)3-4-22-2/h6-9,16,21H,3-5,13H2,1-2H3,(H,14,17)(H,15,18)(H,19,20)/t6-,7+,8+,9+/m1/s1. The molecule has 0 saturated carbocycles. The highest BCUT2D eigenvalue weighted by Crippen LogP contribution is 2.02. The molecular formula is C12H23N3O5S2. The van der Waals surface area contributed by atoms with Crippen molar-refractivity contribution < 1.29 is 24.6 Å². The van der Waals surface area contributed by atoms with E-state index in [2.05, 4.69) is 23.3 Å². The van der Waals surface area contributed by atoms with Crippen LogP contribution in [0.5, 0.6) is 0 Å². The molecule has 0 spiro atoms. The Morgan fingerprint density at radius 3 is 2.18 bits per heavy atom. The van der Waals surface area contributed by atoms with Gasteiger partial charge in [0, 0.05) is 5.75 Å². The summed E-state index contributed by atoms with van der Waals surface area (Å²) in [4.78, 5) is 34.8. The highest BCUT2D eigenvalue weighted by atomic mass is 32.2. The van der Waals surface area contributed by atoms with Crippen molar-refractivity contribution in [2.24, 2.45) is 5.73 Å². The molecule has 0 heterocycles. The maximum atomic E-state index is 12.0. The van der Waals surface area contributed by atoms with Crippen LogP contribution in [0.4, 0.5) is 0 Å². The molecule has 0 aliphatic carbocycles. The van der Waals surface area contributed by atoms with Gasteiger partial charge < -0.3 is 26.6 Å². The number of nitrogens with one attached hydrogen (secondary N) is 2. The summed E-state index contributed by atoms with van der Waals surface area (Å²) < 4.78 is 0. The van der Waals surface area contributed by atoms with E-state index < -0.39 is 42.0 Å². The van der Waals surface area contributed by atoms with Gasteiger partial charge in [-0.05, 0) is 25.4 Å². The van der Waals surface area contributed by atoms with Gasteiger partial charge in [0.15, 0.2) is 0 Å². The maximum absolute atomic E-state index is 12.0. The number of nitrogens with two attached hydrogens (primary N) is 1. The van der Waals surface area contributed by atoms with Crippen molar-refractivity contribution in [3.05, 3.63) is 0 Å². The lowest BCUT2D eigenvalue weighted by atomic mass is 10.1. The number of carbonyl (C=O) groups excluding carboxylic acids is 2. The van der Waals surface area contributed by atoms with Gasteiger partial charge in [-0.25, -0.2) is 4.79 Å². The van der Waals surface area contributed by atoms with Crippen LogP contribution in [-0.4, -0.2) is 70.0 Å². The third-order valence-corrected chi connectivity index (χ3v) is 3.87. The molecule has 0 unspecified atom stereocenters. The molecule has 0 saturated heterocycles. The number of aliphatic hydroxyl groups excluding tert-OH is 1. The maximum Gasteiger partial charge on any atom is 0.326 e. The number of rotatable bonds is 10. The fourth-order valence-electron chi connectivity index (χ4n) is 1.45. The number of thiol groups is 1. The minimum Gasteiger partial charge on any atom is -0.480 e. The number of aliphatic hydroxyl groups is 1. The molecule has 0 bridgehead atoms. The van der Waals surface area contributed by atoms with Gasteiger partial charge >= 0.3 is 5.97 Å². The number of hydrogen-bond acceptors (Lipinski definition) is 7. The van der Waals surface area contributed by atoms with E-state index in [-0.39, 0.29) is 12.2 Å². The van der Waals surface area contributed by atoms with E-state index in [1.807, 2.05) is 6.26 Å². The van der Waals surface area contributed by atoms with Crippen LogP contribution in [0.15, 0.2) is 0 Å². The summed E-state index contributed by atoms with van der Waals surface area (Å²) in [6, 6.07) is -3.25. The van der Waals surface area contributed by atoms with Crippen molar-refractivity contribution in [2.75, 3.05) is 17.8 Å². The van der Waals surface area contributed by atoms with Crippen LogP contribution >= 0.6 is 24.4 Å². The lowest BCUT2D eigenvalue weighted by Gasteiger charge is -2.22. The van der Waals surface area contributed by atoms with Crippen LogP contribution in [0.2, 0.25) is 0 Å². The largest absolute Gasteiger partial charge is 0.480 e. The molecule has 10 heteroatoms. The topological polar surface area (TPSA) is 142 Å². The van der Waals surface area contributed by atoms with Crippen LogP contribution in [0.3, 0.4) is 0 Å². The fourth-order valence-corrected chi connectivity index (χ4v) is 2.18. The number of amides is 2. The summed E-state index contributed by atoms with van der Waals surface area (Å²) in [7, 11) is 0. The minimum atomic E-state index is -1.18. The first-order valence-corrected chi connectivity index (χ1v) is 8.64. The average Bonchev–Trinajstić information content (AvgIpc) is 2.46. The second-order valence-electron chi connectivity index (χ2n) is 4.69. The van der Waals surface area contributed by atoms with Crippen LogP contribution < -0.4 is 16.4 Å². The Kier molecular flexibility index (Phi) is 10.2. The molecule has 0 aliphatic rings. The molecule has 0 fully saturated rings. The van der Waals surface area contributed by atoms with Crippen molar-refractivity contribution in [1.29, 1.82) is 0 Å². The highest BCUT2D eigenvalue weighted by Gasteiger charge is 2.28. The second-order valence-corrected chi connectivity index (χ2v) is 6.04. The molecule has 4 atom stereocenters. The smallest absolute Gasteiger partial charge is 0.326 e. The van der Waals surface area contributed by atoms with Crippen molar-refractivity contribution in [3.8, 4) is 0 Å². The Bertz CT molecular complexity index is 395. The van der Waals surface area contributed by atoms with Crippen molar-refractivity contribution >= 4 is 42.2 Å². The first-order valence-electron chi connectivity index (χ1n) is 6.61. The van der Waals surface area contributed by atoms with Gasteiger partial charge in [-0.1, -0.05) is 0 Å². The Morgan fingerprint density at radius 2 is 1.77 bits per heavy atom. The molecule has 8 nitrogen and oxygen atoms in total. The van der Waals surface area contributed by atoms with Gasteiger partial charge in [-0.2, -0.15) is 24.4 Å². The first kappa shape index (κ1) is 21.0. The number of aliphatic carboxylic acids is 1. The van der Waals surface area contributed by atoms with Gasteiger partial charge in [0.2, 0.25) is 11.8 Å². The molecule has 128 valence electrons. The number of carboxylic acid groups (broad SMARTS) is 1. The number of hydrogen-bond donors (Lipinski definition) is 6. The van der Waals surface area contributed by atoms with Crippen LogP contribution in [0.1, 0.15) is 13.3 Å². The van der Waals surface area contributed by atoms with E-state index in [0.717, 1.165) is 0 Å². The van der Waals surface area contributed by atoms with Crippen molar-refractivity contribution in [2.45, 2.75) is 37.6 Å². The van der Waals surface area contributed by atoms with E-state index in [1.54, 1.807) is 0 Å². The quantitative estimate of drug-likeness (QED) is 0.261. The summed E-state index contributed by atoms with van der Waals surface area (Å²) in [5.74, 6) is -1.97. The third kappa shape index (κ3) is 7.34. The lowest BCUT2D eigenvalue weighted by molar-refractivity contribution is -0.142. The average molecular weight is 353 g/mol. The van der Waals surface area contributed by atoms with Gasteiger partial charge in [0.1, 0.15) is 18.1 Å². The first-order chi connectivity index (χ1) is 10.2. The molecule has 2 amide bonds. The van der Waals surface area contributed by atoms with Crippen LogP contribution in [-0.2, 0) is 14.4 Å². The zero-order valence-electron chi connectivity index (χ0n) is 12.5.